The van der Waals surface area contributed by atoms with Crippen LogP contribution in [0.2, 0.25) is 0 Å². The number of benzene rings is 1. The second kappa shape index (κ2) is 4.13. The van der Waals surface area contributed by atoms with E-state index in [1.807, 2.05) is 28.8 Å². The number of methoxy groups -OCH3 is 1. The molecule has 0 aliphatic carbocycles. The second-order valence-electron chi connectivity index (χ2n) is 3.14. The molecule has 0 bridgehead atoms. The van der Waals surface area contributed by atoms with E-state index in [2.05, 4.69) is 17.1 Å². The highest BCUT2D eigenvalue weighted by Gasteiger charge is 2.08. The summed E-state index contributed by atoms with van der Waals surface area (Å²) in [7, 11) is 1.66. The Morgan fingerprint density at radius 3 is 2.87 bits per heavy atom. The third-order valence-electron chi connectivity index (χ3n) is 2.28. The summed E-state index contributed by atoms with van der Waals surface area (Å²) in [5.74, 6) is 1.76. The third kappa shape index (κ3) is 1.70. The van der Waals surface area contributed by atoms with E-state index in [4.69, 9.17) is 4.74 Å². The van der Waals surface area contributed by atoms with Crippen LogP contribution in [0.4, 0.5) is 0 Å². The Hall–Kier alpha value is -1.84. The van der Waals surface area contributed by atoms with Crippen molar-refractivity contribution < 1.29 is 4.74 Å². The summed E-state index contributed by atoms with van der Waals surface area (Å²) in [4.78, 5) is 0. The molecule has 0 amide bonds. The first kappa shape index (κ1) is 9.71. The van der Waals surface area contributed by atoms with Gasteiger partial charge in [-0.1, -0.05) is 19.1 Å². The standard InChI is InChI=1S/C11H13N3O/c1-3-11-13-12-8-14(11)9-6-4-5-7-10(9)15-2/h4-8H,3H2,1-2H3. The number of ether oxygens (including phenoxy) is 1. The predicted octanol–water partition coefficient (Wildman–Crippen LogP) is 1.84. The average Bonchev–Trinajstić information content (AvgIpc) is 2.76. The molecular formula is C11H13N3O. The van der Waals surface area contributed by atoms with Gasteiger partial charge in [0.1, 0.15) is 17.9 Å². The highest BCUT2D eigenvalue weighted by Crippen LogP contribution is 2.22. The van der Waals surface area contributed by atoms with E-state index in [0.717, 1.165) is 23.7 Å². The maximum absolute atomic E-state index is 5.29. The molecule has 1 heterocycles. The van der Waals surface area contributed by atoms with Crippen LogP contribution in [0.1, 0.15) is 12.7 Å². The summed E-state index contributed by atoms with van der Waals surface area (Å²) < 4.78 is 7.24. The van der Waals surface area contributed by atoms with Crippen molar-refractivity contribution in [3.63, 3.8) is 0 Å². The van der Waals surface area contributed by atoms with Crippen molar-refractivity contribution in [2.45, 2.75) is 13.3 Å². The SMILES string of the molecule is CCc1nncn1-c1ccccc1OC. The van der Waals surface area contributed by atoms with E-state index in [1.54, 1.807) is 13.4 Å². The fourth-order valence-corrected chi connectivity index (χ4v) is 1.53. The van der Waals surface area contributed by atoms with E-state index in [9.17, 15) is 0 Å². The summed E-state index contributed by atoms with van der Waals surface area (Å²) in [6.45, 7) is 2.05. The van der Waals surface area contributed by atoms with Gasteiger partial charge in [-0.05, 0) is 12.1 Å². The average molecular weight is 203 g/mol. The van der Waals surface area contributed by atoms with Crippen molar-refractivity contribution >= 4 is 0 Å². The zero-order chi connectivity index (χ0) is 10.7. The Morgan fingerprint density at radius 1 is 1.33 bits per heavy atom. The molecule has 0 unspecified atom stereocenters. The van der Waals surface area contributed by atoms with Crippen LogP contribution in [-0.2, 0) is 6.42 Å². The van der Waals surface area contributed by atoms with Crippen molar-refractivity contribution in [2.75, 3.05) is 7.11 Å². The maximum Gasteiger partial charge on any atom is 0.142 e. The normalized spacial score (nSPS) is 10.3. The quantitative estimate of drug-likeness (QED) is 0.764. The van der Waals surface area contributed by atoms with Gasteiger partial charge in [0.15, 0.2) is 0 Å². The van der Waals surface area contributed by atoms with Crippen molar-refractivity contribution in [1.82, 2.24) is 14.8 Å². The lowest BCUT2D eigenvalue weighted by Gasteiger charge is -2.09. The van der Waals surface area contributed by atoms with Crippen LogP contribution in [0, 0.1) is 0 Å². The Kier molecular flexibility index (Phi) is 2.67. The smallest absolute Gasteiger partial charge is 0.142 e. The molecule has 0 aliphatic rings. The number of rotatable bonds is 3. The molecule has 2 rings (SSSR count). The number of hydrogen-bond donors (Lipinski definition) is 0. The van der Waals surface area contributed by atoms with Crippen LogP contribution >= 0.6 is 0 Å². The molecule has 0 spiro atoms. The first-order valence-electron chi connectivity index (χ1n) is 4.89. The summed E-state index contributed by atoms with van der Waals surface area (Å²) >= 11 is 0. The van der Waals surface area contributed by atoms with Crippen LogP contribution in [0.5, 0.6) is 5.75 Å². The lowest BCUT2D eigenvalue weighted by Crippen LogP contribution is -2.01. The number of aryl methyl sites for hydroxylation is 1. The minimum absolute atomic E-state index is 0.826. The largest absolute Gasteiger partial charge is 0.495 e. The molecule has 1 aromatic heterocycles. The number of hydrogen-bond acceptors (Lipinski definition) is 3. The van der Waals surface area contributed by atoms with Gasteiger partial charge in [0.25, 0.3) is 0 Å². The van der Waals surface area contributed by atoms with Gasteiger partial charge < -0.3 is 4.74 Å². The molecule has 78 valence electrons. The van der Waals surface area contributed by atoms with Crippen molar-refractivity contribution in [3.8, 4) is 11.4 Å². The molecule has 4 nitrogen and oxygen atoms in total. The molecule has 0 saturated heterocycles. The fraction of sp³-hybridized carbons (Fsp3) is 0.273. The van der Waals surface area contributed by atoms with Crippen molar-refractivity contribution in [1.29, 1.82) is 0 Å². The van der Waals surface area contributed by atoms with Crippen LogP contribution in [-0.4, -0.2) is 21.9 Å². The van der Waals surface area contributed by atoms with Crippen LogP contribution in [0.3, 0.4) is 0 Å². The summed E-state index contributed by atoms with van der Waals surface area (Å²) in [5, 5.41) is 7.95. The predicted molar refractivity (Wildman–Crippen MR) is 57.3 cm³/mol. The molecule has 0 N–H and O–H groups in total. The monoisotopic (exact) mass is 203 g/mol. The summed E-state index contributed by atoms with van der Waals surface area (Å²) in [6.07, 6.45) is 2.55. The first-order chi connectivity index (χ1) is 7.36. The fourth-order valence-electron chi connectivity index (χ4n) is 1.53. The first-order valence-corrected chi connectivity index (χ1v) is 4.89. The summed E-state index contributed by atoms with van der Waals surface area (Å²) in [6, 6.07) is 7.83. The van der Waals surface area contributed by atoms with E-state index < -0.39 is 0 Å². The zero-order valence-corrected chi connectivity index (χ0v) is 8.84. The minimum Gasteiger partial charge on any atom is -0.495 e. The second-order valence-corrected chi connectivity index (χ2v) is 3.14. The van der Waals surface area contributed by atoms with E-state index in [-0.39, 0.29) is 0 Å². The van der Waals surface area contributed by atoms with Crippen LogP contribution in [0.25, 0.3) is 5.69 Å². The highest BCUT2D eigenvalue weighted by atomic mass is 16.5. The molecule has 0 radical (unpaired) electrons. The van der Waals surface area contributed by atoms with Gasteiger partial charge in [0.2, 0.25) is 0 Å². The summed E-state index contributed by atoms with van der Waals surface area (Å²) in [5.41, 5.74) is 0.974. The Labute approximate surface area is 88.5 Å². The molecule has 0 aliphatic heterocycles. The van der Waals surface area contributed by atoms with Gasteiger partial charge >= 0.3 is 0 Å². The van der Waals surface area contributed by atoms with Gasteiger partial charge in [-0.25, -0.2) is 0 Å². The molecule has 2 aromatic rings. The maximum atomic E-state index is 5.29. The zero-order valence-electron chi connectivity index (χ0n) is 8.84. The molecule has 4 heteroatoms. The van der Waals surface area contributed by atoms with Gasteiger partial charge in [-0.3, -0.25) is 4.57 Å². The molecule has 0 saturated carbocycles. The van der Waals surface area contributed by atoms with E-state index in [0.29, 0.717) is 0 Å². The Bertz CT molecular complexity index is 451. The van der Waals surface area contributed by atoms with Crippen LogP contribution in [0.15, 0.2) is 30.6 Å². The van der Waals surface area contributed by atoms with Crippen molar-refractivity contribution in [2.24, 2.45) is 0 Å². The lowest BCUT2D eigenvalue weighted by molar-refractivity contribution is 0.412. The van der Waals surface area contributed by atoms with Gasteiger partial charge in [-0.15, -0.1) is 10.2 Å². The van der Waals surface area contributed by atoms with Gasteiger partial charge in [0.05, 0.1) is 12.8 Å². The van der Waals surface area contributed by atoms with E-state index in [1.165, 1.54) is 0 Å². The van der Waals surface area contributed by atoms with Gasteiger partial charge in [0, 0.05) is 6.42 Å². The van der Waals surface area contributed by atoms with E-state index >= 15 is 0 Å². The topological polar surface area (TPSA) is 39.9 Å². The number of para-hydroxylation sites is 2. The van der Waals surface area contributed by atoms with Crippen LogP contribution < -0.4 is 4.74 Å². The molecule has 1 aromatic carbocycles. The molecule has 0 fully saturated rings. The highest BCUT2D eigenvalue weighted by molar-refractivity contribution is 5.46. The number of nitrogens with zero attached hydrogens (tertiary/aromatic N) is 3. The molecule has 0 atom stereocenters. The van der Waals surface area contributed by atoms with Gasteiger partial charge in [-0.2, -0.15) is 0 Å². The Balaban J connectivity index is 2.53. The van der Waals surface area contributed by atoms with Crippen molar-refractivity contribution in [3.05, 3.63) is 36.4 Å². The molecule has 15 heavy (non-hydrogen) atoms. The molecular weight excluding hydrogens is 190 g/mol. The Morgan fingerprint density at radius 2 is 2.13 bits per heavy atom. The minimum atomic E-state index is 0.826. The number of aromatic nitrogens is 3. The lowest BCUT2D eigenvalue weighted by atomic mass is 10.3. The third-order valence-corrected chi connectivity index (χ3v) is 2.28.